The van der Waals surface area contributed by atoms with Crippen LogP contribution in [0.2, 0.25) is 0 Å². The lowest BCUT2D eigenvalue weighted by Crippen LogP contribution is -2.32. The smallest absolute Gasteiger partial charge is 0.511 e. The highest BCUT2D eigenvalue weighted by Crippen LogP contribution is 2.33. The molecule has 1 N–H and O–H groups in total. The van der Waals surface area contributed by atoms with Crippen LogP contribution >= 0.6 is 0 Å². The van der Waals surface area contributed by atoms with Gasteiger partial charge in [0, 0.05) is 12.0 Å². The number of carbonyl (C=O) groups is 2. The third-order valence-corrected chi connectivity index (χ3v) is 7.17. The summed E-state index contributed by atoms with van der Waals surface area (Å²) >= 11 is 0. The fraction of sp³-hybridized carbons (Fsp3) is 0.346. The number of hydrazine groups is 1. The second-order valence-corrected chi connectivity index (χ2v) is 10.8. The Balaban J connectivity index is 1.60. The Morgan fingerprint density at radius 3 is 2.39 bits per heavy atom. The summed E-state index contributed by atoms with van der Waals surface area (Å²) in [6.45, 7) is 2.80. The predicted molar refractivity (Wildman–Crippen MR) is 146 cm³/mol. The van der Waals surface area contributed by atoms with Gasteiger partial charge in [0.25, 0.3) is 16.8 Å². The Labute approximate surface area is 250 Å². The molecule has 3 rings (SSSR count). The van der Waals surface area contributed by atoms with E-state index in [4.69, 9.17) is 0 Å². The van der Waals surface area contributed by atoms with Crippen molar-refractivity contribution in [2.75, 3.05) is 27.0 Å². The van der Waals surface area contributed by atoms with E-state index in [2.05, 4.69) is 24.7 Å². The van der Waals surface area contributed by atoms with Crippen LogP contribution in [0, 0.1) is 12.1 Å². The molecule has 1 aromatic heterocycles. The molecule has 0 aliphatic rings. The van der Waals surface area contributed by atoms with Crippen LogP contribution in [-0.4, -0.2) is 67.2 Å². The lowest BCUT2D eigenvalue weighted by molar-refractivity contribution is -0.706. The molecular formula is C26H29F3N6O8S. The number of nitrogens with zero attached hydrogens (tertiary/aromatic N) is 5. The molecule has 1 amide bonds. The fourth-order valence-electron chi connectivity index (χ4n) is 3.60. The van der Waals surface area contributed by atoms with Crippen molar-refractivity contribution in [3.63, 3.8) is 0 Å². The summed E-state index contributed by atoms with van der Waals surface area (Å²) in [5, 5.41) is 19.7. The molecule has 0 aliphatic heterocycles. The Morgan fingerprint density at radius 1 is 1.11 bits per heavy atom. The monoisotopic (exact) mass is 642 g/mol. The lowest BCUT2D eigenvalue weighted by atomic mass is 10.1. The molecule has 1 heterocycles. The molecule has 238 valence electrons. The van der Waals surface area contributed by atoms with Gasteiger partial charge in [0.15, 0.2) is 5.69 Å². The topological polar surface area (TPSA) is 167 Å². The first-order valence-electron chi connectivity index (χ1n) is 12.9. The first-order valence-corrected chi connectivity index (χ1v) is 14.4. The summed E-state index contributed by atoms with van der Waals surface area (Å²) in [6.07, 6.45) is -5.94. The number of amides is 1. The summed E-state index contributed by atoms with van der Waals surface area (Å²) < 4.78 is 77.8. The van der Waals surface area contributed by atoms with E-state index in [0.717, 1.165) is 33.5 Å². The van der Waals surface area contributed by atoms with Gasteiger partial charge < -0.3 is 19.5 Å². The van der Waals surface area contributed by atoms with Gasteiger partial charge in [0.1, 0.15) is 0 Å². The number of alkyl halides is 3. The summed E-state index contributed by atoms with van der Waals surface area (Å²) in [5.74, 6) is -0.862. The molecule has 14 nitrogen and oxygen atoms in total. The second kappa shape index (κ2) is 14.5. The first kappa shape index (κ1) is 33.6. The van der Waals surface area contributed by atoms with Crippen LogP contribution in [0.15, 0.2) is 64.8 Å². The lowest BCUT2D eigenvalue weighted by Gasteiger charge is -2.13. The number of rotatable bonds is 13. The molecule has 0 radical (unpaired) electrons. The van der Waals surface area contributed by atoms with Crippen molar-refractivity contribution in [1.82, 2.24) is 19.5 Å². The van der Waals surface area contributed by atoms with E-state index in [1.165, 1.54) is 19.2 Å². The van der Waals surface area contributed by atoms with Crippen molar-refractivity contribution in [3.05, 3.63) is 71.1 Å². The van der Waals surface area contributed by atoms with Gasteiger partial charge in [0.2, 0.25) is 11.2 Å². The molecule has 0 aliphatic carbocycles. The molecule has 0 unspecified atom stereocenters. The number of hydrogen-bond acceptors (Lipinski definition) is 10. The van der Waals surface area contributed by atoms with Gasteiger partial charge in [-0.3, -0.25) is 4.79 Å². The van der Waals surface area contributed by atoms with Crippen LogP contribution < -0.4 is 4.72 Å². The van der Waals surface area contributed by atoms with Crippen molar-refractivity contribution in [1.29, 1.82) is 0 Å². The molecule has 0 bridgehead atoms. The molecule has 2 aromatic carbocycles. The highest BCUT2D eigenvalue weighted by atomic mass is 32.2. The van der Waals surface area contributed by atoms with Crippen LogP contribution in [0.4, 0.5) is 18.0 Å². The number of aromatic nitrogens is 2. The van der Waals surface area contributed by atoms with Gasteiger partial charge in [0.05, 0.1) is 41.4 Å². The van der Waals surface area contributed by atoms with E-state index >= 15 is 0 Å². The van der Waals surface area contributed by atoms with Crippen molar-refractivity contribution in [3.8, 4) is 16.9 Å². The number of aryl methyl sites for hydroxylation is 1. The number of nitrogens with one attached hydrogen (secondary N) is 1. The maximum Gasteiger partial charge on any atom is 0.511 e. The van der Waals surface area contributed by atoms with E-state index in [1.54, 1.807) is 31.2 Å². The number of carbonyl (C=O) groups excluding carboxylic acids is 2. The Kier molecular flexibility index (Phi) is 11.1. The van der Waals surface area contributed by atoms with Crippen molar-refractivity contribution in [2.24, 2.45) is 5.28 Å². The van der Waals surface area contributed by atoms with Crippen molar-refractivity contribution in [2.45, 2.75) is 37.8 Å². The van der Waals surface area contributed by atoms with Gasteiger partial charge in [-0.25, -0.2) is 22.6 Å². The van der Waals surface area contributed by atoms with E-state index in [1.807, 2.05) is 11.6 Å². The number of ether oxygens (including phenoxy) is 2. The van der Waals surface area contributed by atoms with Crippen molar-refractivity contribution < 1.29 is 50.5 Å². The second-order valence-electron chi connectivity index (χ2n) is 9.11. The minimum Gasteiger partial charge on any atom is -0.569 e. The quantitative estimate of drug-likeness (QED) is 0.0708. The summed E-state index contributed by atoms with van der Waals surface area (Å²) in [5.41, 5.74) is 0.567. The molecular weight excluding hydrogens is 613 g/mol. The highest BCUT2D eigenvalue weighted by Gasteiger charge is 2.35. The highest BCUT2D eigenvalue weighted by molar-refractivity contribution is 7.90. The van der Waals surface area contributed by atoms with E-state index in [0.29, 0.717) is 5.56 Å². The van der Waals surface area contributed by atoms with Crippen LogP contribution in [0.1, 0.15) is 31.0 Å². The minimum atomic E-state index is -4.71. The Hall–Kier alpha value is -4.87. The SMILES string of the molecule is CCOC(=O)OCO/N=[N+](\[O-])N(C)CCCC(=O)NS(=O)(=O)c1ccc(-n2nc(C(F)(F)F)cc2-c2ccc(C)cc2)cc1. The van der Waals surface area contributed by atoms with Gasteiger partial charge in [-0.1, -0.05) is 29.8 Å². The Morgan fingerprint density at radius 2 is 1.77 bits per heavy atom. The zero-order valence-corrected chi connectivity index (χ0v) is 24.6. The fourth-order valence-corrected chi connectivity index (χ4v) is 4.61. The largest absolute Gasteiger partial charge is 0.569 e. The molecule has 0 atom stereocenters. The van der Waals surface area contributed by atoms with Gasteiger partial charge in [-0.05, 0) is 50.6 Å². The van der Waals surface area contributed by atoms with E-state index < -0.39 is 40.7 Å². The van der Waals surface area contributed by atoms with Gasteiger partial charge >= 0.3 is 12.3 Å². The van der Waals surface area contributed by atoms with Crippen molar-refractivity contribution >= 4 is 22.1 Å². The molecule has 44 heavy (non-hydrogen) atoms. The van der Waals surface area contributed by atoms with Crippen LogP contribution in [-0.2, 0) is 35.3 Å². The third-order valence-electron chi connectivity index (χ3n) is 5.78. The van der Waals surface area contributed by atoms with Crippen LogP contribution in [0.25, 0.3) is 16.9 Å². The maximum absolute atomic E-state index is 13.5. The predicted octanol–water partition coefficient (Wildman–Crippen LogP) is 4.32. The number of halogens is 3. The first-order chi connectivity index (χ1) is 20.7. The van der Waals surface area contributed by atoms with Gasteiger partial charge in [-0.15, -0.1) is 5.01 Å². The average molecular weight is 643 g/mol. The van der Waals surface area contributed by atoms with E-state index in [-0.39, 0.29) is 47.2 Å². The summed E-state index contributed by atoms with van der Waals surface area (Å²) in [4.78, 5) is 27.5. The number of hydrogen-bond donors (Lipinski definition) is 1. The number of sulfonamides is 1. The Bertz CT molecular complexity index is 1580. The third kappa shape index (κ3) is 9.32. The average Bonchev–Trinajstić information content (AvgIpc) is 3.42. The number of benzene rings is 2. The molecule has 0 fully saturated rings. The maximum atomic E-state index is 13.5. The normalized spacial score (nSPS) is 12.0. The summed E-state index contributed by atoms with van der Waals surface area (Å²) in [7, 11) is -3.00. The molecule has 0 saturated heterocycles. The molecule has 3 aromatic rings. The molecule has 0 saturated carbocycles. The van der Waals surface area contributed by atoms with Crippen LogP contribution in [0.3, 0.4) is 0 Å². The van der Waals surface area contributed by atoms with Crippen LogP contribution in [0.5, 0.6) is 0 Å². The zero-order valence-electron chi connectivity index (χ0n) is 23.8. The molecule has 18 heteroatoms. The standard InChI is InChI=1S/C26H29F3N6O8S/c1-4-41-25(37)42-17-43-32-35(38)33(3)15-5-6-24(36)31-44(39,40)21-13-11-20(12-14-21)34-22(16-23(30-34)26(27,28)29)19-9-7-18(2)8-10-19/h7-14,16H,4-6,15,17H2,1-3H3,(H,31,36)/b35-32-. The van der Waals surface area contributed by atoms with Gasteiger partial charge in [-0.2, -0.15) is 18.3 Å². The molecule has 0 spiro atoms. The zero-order chi connectivity index (χ0) is 32.5. The summed E-state index contributed by atoms with van der Waals surface area (Å²) in [6, 6.07) is 12.5. The van der Waals surface area contributed by atoms with E-state index in [9.17, 15) is 36.4 Å². The minimum absolute atomic E-state index is 0.0235.